The lowest BCUT2D eigenvalue weighted by molar-refractivity contribution is 0.242. The predicted octanol–water partition coefficient (Wildman–Crippen LogP) is 3.56. The van der Waals surface area contributed by atoms with Crippen molar-refractivity contribution in [1.82, 2.24) is 5.32 Å². The number of nitrogens with one attached hydrogen (secondary N) is 1. The van der Waals surface area contributed by atoms with E-state index in [1.807, 2.05) is 26.0 Å². The van der Waals surface area contributed by atoms with Gasteiger partial charge in [-0.15, -0.1) is 0 Å². The molecular weight excluding hydrogens is 260 g/mol. The number of hydrogen-bond acceptors (Lipinski definition) is 3. The van der Waals surface area contributed by atoms with Crippen LogP contribution in [0.2, 0.25) is 0 Å². The molecule has 1 aliphatic carbocycles. The molecule has 2 rings (SSSR count). The summed E-state index contributed by atoms with van der Waals surface area (Å²) in [5, 5.41) is 3.57. The molecule has 0 aromatic heterocycles. The number of hydrogen-bond donors (Lipinski definition) is 2. The van der Waals surface area contributed by atoms with E-state index in [0.717, 1.165) is 18.7 Å². The maximum absolute atomic E-state index is 5.93. The molecule has 0 spiro atoms. The fourth-order valence-electron chi connectivity index (χ4n) is 2.79. The topological polar surface area (TPSA) is 47.3 Å². The summed E-state index contributed by atoms with van der Waals surface area (Å²) in [6.07, 6.45) is 7.56. The van der Waals surface area contributed by atoms with E-state index in [0.29, 0.717) is 6.54 Å². The van der Waals surface area contributed by atoms with E-state index >= 15 is 0 Å². The molecule has 0 saturated carbocycles. The van der Waals surface area contributed by atoms with Crippen molar-refractivity contribution in [1.29, 1.82) is 0 Å². The van der Waals surface area contributed by atoms with Crippen LogP contribution < -0.4 is 15.8 Å². The van der Waals surface area contributed by atoms with Crippen LogP contribution in [0, 0.1) is 0 Å². The second kappa shape index (κ2) is 8.20. The molecule has 3 N–H and O–H groups in total. The zero-order valence-corrected chi connectivity index (χ0v) is 13.3. The first-order valence-corrected chi connectivity index (χ1v) is 8.07. The van der Waals surface area contributed by atoms with E-state index in [2.05, 4.69) is 23.5 Å². The number of ether oxygens (including phenoxy) is 1. The van der Waals surface area contributed by atoms with Gasteiger partial charge in [0.1, 0.15) is 5.75 Å². The van der Waals surface area contributed by atoms with Gasteiger partial charge in [0.05, 0.1) is 6.10 Å². The Hall–Kier alpha value is -1.32. The molecule has 0 heterocycles. The van der Waals surface area contributed by atoms with Crippen LogP contribution in [0.15, 0.2) is 35.9 Å². The first kappa shape index (κ1) is 16.1. The lowest BCUT2D eigenvalue weighted by Crippen LogP contribution is -2.29. The van der Waals surface area contributed by atoms with Gasteiger partial charge in [0.25, 0.3) is 0 Å². The monoisotopic (exact) mass is 288 g/mol. The van der Waals surface area contributed by atoms with Gasteiger partial charge in [-0.1, -0.05) is 23.8 Å². The maximum atomic E-state index is 5.93. The van der Waals surface area contributed by atoms with Gasteiger partial charge < -0.3 is 15.8 Å². The maximum Gasteiger partial charge on any atom is 0.120 e. The Labute approximate surface area is 128 Å². The third-order valence-corrected chi connectivity index (χ3v) is 3.84. The summed E-state index contributed by atoms with van der Waals surface area (Å²) in [6.45, 7) is 5.68. The second-order valence-corrected chi connectivity index (χ2v) is 5.99. The molecule has 0 amide bonds. The lowest BCUT2D eigenvalue weighted by atomic mass is 10.1. The van der Waals surface area contributed by atoms with Crippen LogP contribution in [-0.4, -0.2) is 19.2 Å². The van der Waals surface area contributed by atoms with Crippen molar-refractivity contribution in [3.63, 3.8) is 0 Å². The minimum absolute atomic E-state index is 0.193. The summed E-state index contributed by atoms with van der Waals surface area (Å²) in [6, 6.07) is 8.45. The minimum Gasteiger partial charge on any atom is -0.491 e. The van der Waals surface area contributed by atoms with E-state index < -0.39 is 0 Å². The van der Waals surface area contributed by atoms with Crippen LogP contribution in [0.25, 0.3) is 0 Å². The summed E-state index contributed by atoms with van der Waals surface area (Å²) in [7, 11) is 0. The highest BCUT2D eigenvalue weighted by molar-refractivity contribution is 5.31. The molecular formula is C18H28N2O. The Morgan fingerprint density at radius 2 is 2.19 bits per heavy atom. The Balaban J connectivity index is 1.90. The van der Waals surface area contributed by atoms with E-state index in [-0.39, 0.29) is 12.1 Å². The highest BCUT2D eigenvalue weighted by atomic mass is 16.5. The third kappa shape index (κ3) is 5.18. The van der Waals surface area contributed by atoms with Crippen molar-refractivity contribution in [3.8, 4) is 5.75 Å². The second-order valence-electron chi connectivity index (χ2n) is 5.99. The molecule has 0 radical (unpaired) electrons. The molecule has 3 heteroatoms. The van der Waals surface area contributed by atoms with E-state index in [9.17, 15) is 0 Å². The molecule has 1 aromatic rings. The van der Waals surface area contributed by atoms with Crippen molar-refractivity contribution in [3.05, 3.63) is 41.5 Å². The summed E-state index contributed by atoms with van der Waals surface area (Å²) in [5.74, 6) is 0.918. The number of rotatable bonds is 8. The molecule has 0 fully saturated rings. The molecule has 0 saturated heterocycles. The lowest BCUT2D eigenvalue weighted by Gasteiger charge is -2.19. The zero-order valence-electron chi connectivity index (χ0n) is 13.3. The first-order chi connectivity index (χ1) is 10.2. The van der Waals surface area contributed by atoms with Crippen molar-refractivity contribution < 1.29 is 4.74 Å². The summed E-state index contributed by atoms with van der Waals surface area (Å²) < 4.78 is 5.76. The van der Waals surface area contributed by atoms with Crippen LogP contribution in [0.4, 0.5) is 0 Å². The van der Waals surface area contributed by atoms with Gasteiger partial charge in [-0.25, -0.2) is 0 Å². The first-order valence-electron chi connectivity index (χ1n) is 8.07. The summed E-state index contributed by atoms with van der Waals surface area (Å²) >= 11 is 0. The quantitative estimate of drug-likeness (QED) is 0.719. The van der Waals surface area contributed by atoms with E-state index in [4.69, 9.17) is 10.5 Å². The predicted molar refractivity (Wildman–Crippen MR) is 88.6 cm³/mol. The molecule has 3 nitrogen and oxygen atoms in total. The molecule has 0 bridgehead atoms. The Morgan fingerprint density at radius 3 is 2.86 bits per heavy atom. The minimum atomic E-state index is 0.193. The van der Waals surface area contributed by atoms with Gasteiger partial charge in [0.15, 0.2) is 0 Å². The average molecular weight is 288 g/mol. The van der Waals surface area contributed by atoms with E-state index in [1.54, 1.807) is 5.57 Å². The van der Waals surface area contributed by atoms with E-state index in [1.165, 1.54) is 24.8 Å². The molecule has 0 aliphatic heterocycles. The van der Waals surface area contributed by atoms with Gasteiger partial charge in [-0.3, -0.25) is 0 Å². The van der Waals surface area contributed by atoms with Gasteiger partial charge in [-0.2, -0.15) is 0 Å². The van der Waals surface area contributed by atoms with Gasteiger partial charge in [-0.05, 0) is 63.8 Å². The molecule has 21 heavy (non-hydrogen) atoms. The van der Waals surface area contributed by atoms with Crippen LogP contribution in [-0.2, 0) is 0 Å². The number of allylic oxidation sites excluding steroid dienone is 1. The van der Waals surface area contributed by atoms with Gasteiger partial charge in [0.2, 0.25) is 0 Å². The standard InChI is InChI=1S/C18H28N2O/c1-14(2)21-17-9-5-8-16(12-17)18(13-19)20-11-10-15-6-3-4-7-15/h5-6,8-9,12,14,18,20H,3-4,7,10-11,13,19H2,1-2H3. The van der Waals surface area contributed by atoms with Crippen LogP contribution in [0.1, 0.15) is 51.1 Å². The number of benzene rings is 1. The number of nitrogens with two attached hydrogens (primary N) is 1. The van der Waals surface area contributed by atoms with Crippen LogP contribution in [0.3, 0.4) is 0 Å². The fourth-order valence-corrected chi connectivity index (χ4v) is 2.79. The summed E-state index contributed by atoms with van der Waals surface area (Å²) in [4.78, 5) is 0. The average Bonchev–Trinajstić information content (AvgIpc) is 2.96. The normalized spacial score (nSPS) is 16.1. The van der Waals surface area contributed by atoms with Crippen molar-refractivity contribution >= 4 is 0 Å². The van der Waals surface area contributed by atoms with Crippen molar-refractivity contribution in [2.24, 2.45) is 5.73 Å². The molecule has 1 aliphatic rings. The molecule has 116 valence electrons. The fraction of sp³-hybridized carbons (Fsp3) is 0.556. The van der Waals surface area contributed by atoms with Crippen LogP contribution >= 0.6 is 0 Å². The van der Waals surface area contributed by atoms with Crippen LogP contribution in [0.5, 0.6) is 5.75 Å². The SMILES string of the molecule is CC(C)Oc1cccc(C(CN)NCCC2=CCCC2)c1. The zero-order chi connectivity index (χ0) is 15.1. The Morgan fingerprint density at radius 1 is 1.33 bits per heavy atom. The largest absolute Gasteiger partial charge is 0.491 e. The smallest absolute Gasteiger partial charge is 0.120 e. The Kier molecular flexibility index (Phi) is 6.27. The molecule has 1 atom stereocenters. The highest BCUT2D eigenvalue weighted by Crippen LogP contribution is 2.22. The van der Waals surface area contributed by atoms with Gasteiger partial charge in [0, 0.05) is 12.6 Å². The highest BCUT2D eigenvalue weighted by Gasteiger charge is 2.11. The van der Waals surface area contributed by atoms with Crippen molar-refractivity contribution in [2.75, 3.05) is 13.1 Å². The Bertz CT molecular complexity index is 468. The molecule has 1 aromatic carbocycles. The summed E-state index contributed by atoms with van der Waals surface area (Å²) in [5.41, 5.74) is 8.73. The third-order valence-electron chi connectivity index (χ3n) is 3.84. The van der Waals surface area contributed by atoms with Gasteiger partial charge >= 0.3 is 0 Å². The van der Waals surface area contributed by atoms with Crippen molar-refractivity contribution in [2.45, 2.75) is 51.7 Å². The molecule has 1 unspecified atom stereocenters.